The van der Waals surface area contributed by atoms with Crippen LogP contribution in [-0.2, 0) is 24.1 Å². The number of rotatable bonds is 4. The molecule has 1 aromatic heterocycles. The number of aryl methyl sites for hydroxylation is 1. The van der Waals surface area contributed by atoms with Crippen molar-refractivity contribution >= 4 is 10.0 Å². The molecule has 0 amide bonds. The van der Waals surface area contributed by atoms with Crippen molar-refractivity contribution in [3.8, 4) is 0 Å². The van der Waals surface area contributed by atoms with Gasteiger partial charge >= 0.3 is 5.69 Å². The van der Waals surface area contributed by atoms with E-state index in [-0.39, 0.29) is 12.5 Å². The molecule has 0 bridgehead atoms. The van der Waals surface area contributed by atoms with E-state index < -0.39 is 31.7 Å². The van der Waals surface area contributed by atoms with Crippen LogP contribution in [0.1, 0.15) is 32.6 Å². The van der Waals surface area contributed by atoms with Crippen LogP contribution in [0, 0.1) is 5.92 Å². The van der Waals surface area contributed by atoms with Crippen LogP contribution in [0.4, 0.5) is 0 Å². The van der Waals surface area contributed by atoms with Crippen molar-refractivity contribution in [2.75, 3.05) is 6.54 Å². The fraction of sp³-hybridized carbons (Fsp3) is 0.714. The third-order valence-electron chi connectivity index (χ3n) is 4.86. The van der Waals surface area contributed by atoms with E-state index in [9.17, 15) is 18.0 Å². The highest BCUT2D eigenvalue weighted by Crippen LogP contribution is 2.33. The summed E-state index contributed by atoms with van der Waals surface area (Å²) in [7, 11) is -1.42. The molecule has 3 N–H and O–H groups in total. The van der Waals surface area contributed by atoms with Crippen molar-refractivity contribution < 1.29 is 8.42 Å². The van der Waals surface area contributed by atoms with Gasteiger partial charge in [0.2, 0.25) is 10.0 Å². The Kier molecular flexibility index (Phi) is 4.84. The Bertz CT molecular complexity index is 811. The standard InChI is InChI=1S/C14H24N4O4S/c1-10-6-4-5-7-14(10,9-15)16-23(21,22)11-8-17(2)13(20)18(3)12(11)19/h8,10,16H,4-7,9,15H2,1-3H3. The molecule has 1 aromatic rings. The lowest BCUT2D eigenvalue weighted by molar-refractivity contribution is 0.191. The lowest BCUT2D eigenvalue weighted by Gasteiger charge is -2.42. The smallest absolute Gasteiger partial charge is 0.329 e. The molecule has 1 aliphatic carbocycles. The van der Waals surface area contributed by atoms with E-state index in [2.05, 4.69) is 4.72 Å². The van der Waals surface area contributed by atoms with Crippen LogP contribution in [0.15, 0.2) is 20.7 Å². The molecule has 0 aromatic carbocycles. The highest BCUT2D eigenvalue weighted by atomic mass is 32.2. The molecule has 8 nitrogen and oxygen atoms in total. The normalized spacial score (nSPS) is 25.5. The summed E-state index contributed by atoms with van der Waals surface area (Å²) in [5.41, 5.74) is 3.70. The maximum Gasteiger partial charge on any atom is 0.330 e. The molecule has 1 fully saturated rings. The first-order chi connectivity index (χ1) is 10.6. The average molecular weight is 344 g/mol. The molecule has 1 heterocycles. The molecule has 0 radical (unpaired) electrons. The van der Waals surface area contributed by atoms with Crippen molar-refractivity contribution in [1.29, 1.82) is 0 Å². The second-order valence-electron chi connectivity index (χ2n) is 6.36. The Hall–Kier alpha value is -1.45. The Labute approximate surface area is 135 Å². The second kappa shape index (κ2) is 6.21. The van der Waals surface area contributed by atoms with Crippen LogP contribution >= 0.6 is 0 Å². The zero-order valence-corrected chi connectivity index (χ0v) is 14.5. The summed E-state index contributed by atoms with van der Waals surface area (Å²) in [6.07, 6.45) is 4.49. The monoisotopic (exact) mass is 344 g/mol. The van der Waals surface area contributed by atoms with Crippen LogP contribution in [0.5, 0.6) is 0 Å². The molecular weight excluding hydrogens is 320 g/mol. The summed E-state index contributed by atoms with van der Waals surface area (Å²) < 4.78 is 30.0. The molecule has 0 spiro atoms. The molecule has 23 heavy (non-hydrogen) atoms. The van der Waals surface area contributed by atoms with Crippen molar-refractivity contribution in [3.05, 3.63) is 27.0 Å². The van der Waals surface area contributed by atoms with Crippen LogP contribution in [-0.4, -0.2) is 29.6 Å². The quantitative estimate of drug-likeness (QED) is 0.747. The molecular formula is C14H24N4O4S. The minimum Gasteiger partial charge on any atom is -0.329 e. The first-order valence-corrected chi connectivity index (χ1v) is 9.13. The molecule has 0 aliphatic heterocycles. The topological polar surface area (TPSA) is 116 Å². The first kappa shape index (κ1) is 17.9. The van der Waals surface area contributed by atoms with Crippen LogP contribution in [0.3, 0.4) is 0 Å². The minimum absolute atomic E-state index is 0.0763. The van der Waals surface area contributed by atoms with E-state index in [0.717, 1.165) is 34.6 Å². The van der Waals surface area contributed by atoms with E-state index >= 15 is 0 Å². The van der Waals surface area contributed by atoms with Gasteiger partial charge in [-0.25, -0.2) is 17.9 Å². The lowest BCUT2D eigenvalue weighted by atomic mass is 9.74. The molecule has 2 unspecified atom stereocenters. The Morgan fingerprint density at radius 2 is 2.00 bits per heavy atom. The highest BCUT2D eigenvalue weighted by Gasteiger charge is 2.41. The van der Waals surface area contributed by atoms with Crippen LogP contribution < -0.4 is 21.7 Å². The summed E-state index contributed by atoms with van der Waals surface area (Å²) in [5.74, 6) is 0.0763. The van der Waals surface area contributed by atoms with E-state index in [1.54, 1.807) is 0 Å². The van der Waals surface area contributed by atoms with Crippen molar-refractivity contribution in [3.63, 3.8) is 0 Å². The predicted octanol–water partition coefficient (Wildman–Crippen LogP) is -0.730. The first-order valence-electron chi connectivity index (χ1n) is 7.65. The van der Waals surface area contributed by atoms with Gasteiger partial charge in [-0.2, -0.15) is 0 Å². The van der Waals surface area contributed by atoms with Crippen molar-refractivity contribution in [1.82, 2.24) is 13.9 Å². The van der Waals surface area contributed by atoms with E-state index in [4.69, 9.17) is 5.73 Å². The van der Waals surface area contributed by atoms with Gasteiger partial charge in [0.1, 0.15) is 0 Å². The summed E-state index contributed by atoms with van der Waals surface area (Å²) in [6.45, 7) is 2.13. The van der Waals surface area contributed by atoms with Crippen molar-refractivity contribution in [2.24, 2.45) is 25.7 Å². The van der Waals surface area contributed by atoms with Crippen molar-refractivity contribution in [2.45, 2.75) is 43.0 Å². The molecule has 1 saturated carbocycles. The number of aromatic nitrogens is 2. The minimum atomic E-state index is -4.08. The van der Waals surface area contributed by atoms with Crippen LogP contribution in [0.25, 0.3) is 0 Å². The zero-order chi connectivity index (χ0) is 17.4. The molecule has 0 saturated heterocycles. The third kappa shape index (κ3) is 3.13. The largest absolute Gasteiger partial charge is 0.330 e. The van der Waals surface area contributed by atoms with Gasteiger partial charge in [-0.15, -0.1) is 0 Å². The number of hydrogen-bond acceptors (Lipinski definition) is 5. The van der Waals surface area contributed by atoms with Gasteiger partial charge in [0.05, 0.1) is 0 Å². The van der Waals surface area contributed by atoms with Gasteiger partial charge in [-0.3, -0.25) is 9.36 Å². The summed E-state index contributed by atoms with van der Waals surface area (Å²) in [6, 6.07) is 0. The van der Waals surface area contributed by atoms with Crippen LogP contribution in [0.2, 0.25) is 0 Å². The maximum atomic E-state index is 12.8. The zero-order valence-electron chi connectivity index (χ0n) is 13.7. The Balaban J connectivity index is 2.51. The van der Waals surface area contributed by atoms with Gasteiger partial charge in [0.25, 0.3) is 5.56 Å². The number of sulfonamides is 1. The lowest BCUT2D eigenvalue weighted by Crippen LogP contribution is -2.59. The number of nitrogens with two attached hydrogens (primary N) is 1. The molecule has 2 rings (SSSR count). The molecule has 130 valence electrons. The fourth-order valence-electron chi connectivity index (χ4n) is 3.19. The summed E-state index contributed by atoms with van der Waals surface area (Å²) in [5, 5.41) is 0. The van der Waals surface area contributed by atoms with E-state index in [1.165, 1.54) is 14.1 Å². The number of hydrogen-bond donors (Lipinski definition) is 2. The molecule has 2 atom stereocenters. The molecule has 1 aliphatic rings. The fourth-order valence-corrected chi connectivity index (χ4v) is 4.89. The van der Waals surface area contributed by atoms with Gasteiger partial charge < -0.3 is 10.3 Å². The number of nitrogens with one attached hydrogen (secondary N) is 1. The maximum absolute atomic E-state index is 12.8. The van der Waals surface area contributed by atoms with E-state index in [0.29, 0.717) is 6.42 Å². The third-order valence-corrected chi connectivity index (χ3v) is 6.39. The predicted molar refractivity (Wildman–Crippen MR) is 86.7 cm³/mol. The van der Waals surface area contributed by atoms with Gasteiger partial charge in [0.15, 0.2) is 4.90 Å². The van der Waals surface area contributed by atoms with Gasteiger partial charge in [-0.1, -0.05) is 19.8 Å². The Morgan fingerprint density at radius 3 is 2.57 bits per heavy atom. The van der Waals surface area contributed by atoms with Gasteiger partial charge in [0, 0.05) is 32.4 Å². The Morgan fingerprint density at radius 1 is 1.35 bits per heavy atom. The summed E-state index contributed by atoms with van der Waals surface area (Å²) >= 11 is 0. The SMILES string of the molecule is CC1CCCCC1(CN)NS(=O)(=O)c1cn(C)c(=O)n(C)c1=O. The number of nitrogens with zero attached hydrogens (tertiary/aromatic N) is 2. The van der Waals surface area contributed by atoms with E-state index in [1.807, 2.05) is 6.92 Å². The van der Waals surface area contributed by atoms with Gasteiger partial charge in [-0.05, 0) is 18.8 Å². The molecule has 9 heteroatoms. The summed E-state index contributed by atoms with van der Waals surface area (Å²) in [4.78, 5) is 23.5. The second-order valence-corrected chi connectivity index (χ2v) is 8.01. The highest BCUT2D eigenvalue weighted by molar-refractivity contribution is 7.89. The average Bonchev–Trinajstić information content (AvgIpc) is 2.50.